The predicted octanol–water partition coefficient (Wildman–Crippen LogP) is 1.50. The number of nitrogens with one attached hydrogen (secondary N) is 2. The Balaban J connectivity index is 1.47. The highest BCUT2D eigenvalue weighted by atomic mass is 32.2. The average Bonchev–Trinajstić information content (AvgIpc) is 2.79. The molecule has 3 rings (SSSR count). The molecule has 0 saturated carbocycles. The van der Waals surface area contributed by atoms with E-state index in [2.05, 4.69) is 10.0 Å². The molecule has 0 spiro atoms. The maximum Gasteiger partial charge on any atom is 0.317 e. The van der Waals surface area contributed by atoms with E-state index in [1.165, 1.54) is 19.2 Å². The first-order chi connectivity index (χ1) is 14.8. The fourth-order valence-electron chi connectivity index (χ4n) is 3.38. The second-order valence-corrected chi connectivity index (χ2v) is 9.43. The molecule has 1 heterocycles. The maximum absolute atomic E-state index is 12.5. The second-order valence-electron chi connectivity index (χ2n) is 7.54. The molecule has 3 amide bonds. The Morgan fingerprint density at radius 3 is 2.23 bits per heavy atom. The molecule has 0 radical (unpaired) electrons. The number of benzene rings is 2. The Labute approximate surface area is 183 Å². The van der Waals surface area contributed by atoms with Crippen molar-refractivity contribution in [1.82, 2.24) is 19.8 Å². The van der Waals surface area contributed by atoms with Crippen molar-refractivity contribution in [2.75, 3.05) is 33.2 Å². The normalized spacial score (nSPS) is 14.4. The van der Waals surface area contributed by atoms with E-state index in [0.29, 0.717) is 38.2 Å². The molecule has 2 aromatic rings. The quantitative estimate of drug-likeness (QED) is 0.705. The largest absolute Gasteiger partial charge is 0.339 e. The highest BCUT2D eigenvalue weighted by Gasteiger charge is 2.24. The molecule has 166 valence electrons. The lowest BCUT2D eigenvalue weighted by molar-refractivity contribution is -0.131. The van der Waals surface area contributed by atoms with Crippen LogP contribution in [0.15, 0.2) is 53.4 Å². The van der Waals surface area contributed by atoms with Gasteiger partial charge in [-0.05, 0) is 37.2 Å². The lowest BCUT2D eigenvalue weighted by atomic mass is 10.1. The molecule has 31 heavy (non-hydrogen) atoms. The Bertz CT molecular complexity index is 1030. The number of carbonyl (C=O) groups is 2. The average molecular weight is 445 g/mol. The van der Waals surface area contributed by atoms with E-state index in [4.69, 9.17) is 0 Å². The monoisotopic (exact) mass is 444 g/mol. The fourth-order valence-corrected chi connectivity index (χ4v) is 4.18. The van der Waals surface area contributed by atoms with E-state index in [1.54, 1.807) is 21.9 Å². The zero-order chi connectivity index (χ0) is 22.4. The van der Waals surface area contributed by atoms with E-state index >= 15 is 0 Å². The number of nitrogens with zero attached hydrogens (tertiary/aromatic N) is 2. The van der Waals surface area contributed by atoms with Gasteiger partial charge in [0, 0.05) is 32.7 Å². The molecule has 0 atom stereocenters. The van der Waals surface area contributed by atoms with Gasteiger partial charge in [-0.3, -0.25) is 4.79 Å². The van der Waals surface area contributed by atoms with Gasteiger partial charge >= 0.3 is 6.03 Å². The van der Waals surface area contributed by atoms with Gasteiger partial charge in [0.2, 0.25) is 15.9 Å². The van der Waals surface area contributed by atoms with Gasteiger partial charge in [-0.15, -0.1) is 0 Å². The molecule has 1 fully saturated rings. The van der Waals surface area contributed by atoms with Gasteiger partial charge in [-0.25, -0.2) is 17.9 Å². The molecular formula is C22H28N4O4S. The summed E-state index contributed by atoms with van der Waals surface area (Å²) in [6, 6.07) is 14.1. The fraction of sp³-hybridized carbons (Fsp3) is 0.364. The van der Waals surface area contributed by atoms with Crippen LogP contribution in [-0.4, -0.2) is 63.4 Å². The van der Waals surface area contributed by atoms with Crippen LogP contribution in [0.3, 0.4) is 0 Å². The van der Waals surface area contributed by atoms with Gasteiger partial charge in [-0.1, -0.05) is 42.0 Å². The van der Waals surface area contributed by atoms with Gasteiger partial charge in [0.05, 0.1) is 11.3 Å². The van der Waals surface area contributed by atoms with E-state index in [0.717, 1.165) is 11.1 Å². The number of hydrogen-bond acceptors (Lipinski definition) is 4. The maximum atomic E-state index is 12.5. The van der Waals surface area contributed by atoms with Crippen LogP contribution in [0.4, 0.5) is 4.79 Å². The smallest absolute Gasteiger partial charge is 0.317 e. The number of urea groups is 1. The number of carbonyl (C=O) groups excluding carboxylic acids is 2. The van der Waals surface area contributed by atoms with Crippen LogP contribution in [0, 0.1) is 6.92 Å². The summed E-state index contributed by atoms with van der Waals surface area (Å²) in [7, 11) is -2.17. The van der Waals surface area contributed by atoms with Crippen LogP contribution in [0.5, 0.6) is 0 Å². The summed E-state index contributed by atoms with van der Waals surface area (Å²) >= 11 is 0. The van der Waals surface area contributed by atoms with Crippen LogP contribution in [-0.2, 0) is 27.8 Å². The van der Waals surface area contributed by atoms with E-state index in [9.17, 15) is 18.0 Å². The molecular weight excluding hydrogens is 416 g/mol. The van der Waals surface area contributed by atoms with Crippen molar-refractivity contribution in [2.24, 2.45) is 0 Å². The summed E-state index contributed by atoms with van der Waals surface area (Å²) in [5.41, 5.74) is 2.83. The summed E-state index contributed by atoms with van der Waals surface area (Å²) < 4.78 is 26.1. The Morgan fingerprint density at radius 2 is 1.58 bits per heavy atom. The number of aryl methyl sites for hydroxylation is 1. The number of sulfonamides is 1. The van der Waals surface area contributed by atoms with Gasteiger partial charge < -0.3 is 15.1 Å². The molecule has 9 heteroatoms. The van der Waals surface area contributed by atoms with Crippen molar-refractivity contribution in [2.45, 2.75) is 24.8 Å². The third-order valence-corrected chi connectivity index (χ3v) is 6.73. The van der Waals surface area contributed by atoms with Crippen molar-refractivity contribution in [3.8, 4) is 0 Å². The van der Waals surface area contributed by atoms with Crippen molar-refractivity contribution in [3.63, 3.8) is 0 Å². The standard InChI is InChI=1S/C22H28N4O4S/c1-17-6-8-18(9-7-17)15-21(27)25-10-12-26(13-11-25)22(28)24-16-19-4-3-5-20(14-19)31(29,30)23-2/h3-9,14,23H,10-13,15-16H2,1-2H3,(H,24,28). The van der Waals surface area contributed by atoms with Crippen molar-refractivity contribution in [1.29, 1.82) is 0 Å². The summed E-state index contributed by atoms with van der Waals surface area (Å²) in [6.45, 7) is 4.14. The van der Waals surface area contributed by atoms with Gasteiger partial charge in [0.25, 0.3) is 0 Å². The molecule has 1 aliphatic rings. The topological polar surface area (TPSA) is 98.8 Å². The number of hydrogen-bond donors (Lipinski definition) is 2. The van der Waals surface area contributed by atoms with Crippen LogP contribution in [0.1, 0.15) is 16.7 Å². The lowest BCUT2D eigenvalue weighted by Crippen LogP contribution is -2.53. The van der Waals surface area contributed by atoms with Crippen molar-refractivity contribution in [3.05, 3.63) is 65.2 Å². The highest BCUT2D eigenvalue weighted by molar-refractivity contribution is 7.89. The molecule has 2 N–H and O–H groups in total. The number of rotatable bonds is 6. The van der Waals surface area contributed by atoms with E-state index in [-0.39, 0.29) is 23.4 Å². The first-order valence-corrected chi connectivity index (χ1v) is 11.7. The summed E-state index contributed by atoms with van der Waals surface area (Å²) in [4.78, 5) is 28.6. The minimum absolute atomic E-state index is 0.0615. The Kier molecular flexibility index (Phi) is 7.29. The van der Waals surface area contributed by atoms with Crippen LogP contribution in [0.25, 0.3) is 0 Å². The van der Waals surface area contributed by atoms with Crippen molar-refractivity contribution >= 4 is 22.0 Å². The minimum atomic E-state index is -3.53. The van der Waals surface area contributed by atoms with Gasteiger partial charge in [-0.2, -0.15) is 0 Å². The molecule has 0 bridgehead atoms. The Morgan fingerprint density at radius 1 is 0.935 bits per heavy atom. The predicted molar refractivity (Wildman–Crippen MR) is 118 cm³/mol. The zero-order valence-corrected chi connectivity index (χ0v) is 18.6. The summed E-state index contributed by atoms with van der Waals surface area (Å²) in [5, 5.41) is 2.82. The molecule has 1 aliphatic heterocycles. The molecule has 0 aliphatic carbocycles. The van der Waals surface area contributed by atoms with Crippen LogP contribution >= 0.6 is 0 Å². The van der Waals surface area contributed by atoms with E-state index < -0.39 is 10.0 Å². The van der Waals surface area contributed by atoms with Crippen molar-refractivity contribution < 1.29 is 18.0 Å². The SMILES string of the molecule is CNS(=O)(=O)c1cccc(CNC(=O)N2CCN(C(=O)Cc3ccc(C)cc3)CC2)c1. The third-order valence-electron chi connectivity index (χ3n) is 5.32. The summed E-state index contributed by atoms with van der Waals surface area (Å²) in [6.07, 6.45) is 0.359. The van der Waals surface area contributed by atoms with Crippen LogP contribution < -0.4 is 10.0 Å². The molecule has 0 unspecified atom stereocenters. The first-order valence-electron chi connectivity index (χ1n) is 10.2. The highest BCUT2D eigenvalue weighted by Crippen LogP contribution is 2.12. The van der Waals surface area contributed by atoms with Crippen LogP contribution in [0.2, 0.25) is 0 Å². The lowest BCUT2D eigenvalue weighted by Gasteiger charge is -2.34. The molecule has 1 saturated heterocycles. The van der Waals surface area contributed by atoms with E-state index in [1.807, 2.05) is 31.2 Å². The van der Waals surface area contributed by atoms with Gasteiger partial charge in [0.1, 0.15) is 0 Å². The molecule has 2 aromatic carbocycles. The van der Waals surface area contributed by atoms with Gasteiger partial charge in [0.15, 0.2) is 0 Å². The second kappa shape index (κ2) is 9.93. The minimum Gasteiger partial charge on any atom is -0.339 e. The molecule has 0 aromatic heterocycles. The number of amides is 3. The zero-order valence-electron chi connectivity index (χ0n) is 17.8. The Hall–Kier alpha value is -2.91. The number of piperazine rings is 1. The third kappa shape index (κ3) is 6.05. The summed E-state index contributed by atoms with van der Waals surface area (Å²) in [5.74, 6) is 0.0615. The molecule has 8 nitrogen and oxygen atoms in total. The first kappa shape index (κ1) is 22.8.